The van der Waals surface area contributed by atoms with E-state index in [1.54, 1.807) is 17.2 Å². The SMILES string of the molecule is CC1CN(C(=O)C2CC(=O)N(Cc3ccco3)C2)C(c2ccccc2)CO1. The number of benzene rings is 1. The number of hydrogen-bond donors (Lipinski definition) is 0. The Morgan fingerprint density at radius 1 is 1.15 bits per heavy atom. The normalized spacial score (nSPS) is 25.8. The van der Waals surface area contributed by atoms with Gasteiger partial charge in [-0.15, -0.1) is 0 Å². The van der Waals surface area contributed by atoms with E-state index >= 15 is 0 Å². The molecule has 1 aromatic heterocycles. The molecule has 142 valence electrons. The summed E-state index contributed by atoms with van der Waals surface area (Å²) in [7, 11) is 0. The zero-order valence-corrected chi connectivity index (χ0v) is 15.4. The van der Waals surface area contributed by atoms with Gasteiger partial charge in [-0.05, 0) is 24.6 Å². The summed E-state index contributed by atoms with van der Waals surface area (Å²) in [6.07, 6.45) is 1.84. The summed E-state index contributed by atoms with van der Waals surface area (Å²) in [5.41, 5.74) is 1.06. The molecule has 0 N–H and O–H groups in total. The molecular weight excluding hydrogens is 344 g/mol. The van der Waals surface area contributed by atoms with E-state index in [4.69, 9.17) is 9.15 Å². The van der Waals surface area contributed by atoms with Gasteiger partial charge in [0.15, 0.2) is 0 Å². The van der Waals surface area contributed by atoms with Crippen molar-refractivity contribution >= 4 is 11.8 Å². The van der Waals surface area contributed by atoms with Crippen LogP contribution in [0, 0.1) is 5.92 Å². The van der Waals surface area contributed by atoms with Crippen molar-refractivity contribution in [2.45, 2.75) is 32.0 Å². The van der Waals surface area contributed by atoms with Gasteiger partial charge in [0.1, 0.15) is 5.76 Å². The van der Waals surface area contributed by atoms with Gasteiger partial charge in [0.2, 0.25) is 11.8 Å². The third-order valence-electron chi connectivity index (χ3n) is 5.33. The third-order valence-corrected chi connectivity index (χ3v) is 5.33. The number of carbonyl (C=O) groups is 2. The minimum atomic E-state index is -0.316. The number of nitrogens with zero attached hydrogens (tertiary/aromatic N) is 2. The maximum absolute atomic E-state index is 13.3. The topological polar surface area (TPSA) is 63.0 Å². The molecule has 0 aliphatic carbocycles. The van der Waals surface area contributed by atoms with Crippen molar-refractivity contribution < 1.29 is 18.7 Å². The third kappa shape index (κ3) is 3.76. The van der Waals surface area contributed by atoms with Crippen LogP contribution in [0.5, 0.6) is 0 Å². The first kappa shape index (κ1) is 17.8. The molecule has 0 saturated carbocycles. The van der Waals surface area contributed by atoms with Gasteiger partial charge >= 0.3 is 0 Å². The van der Waals surface area contributed by atoms with Crippen molar-refractivity contribution in [2.24, 2.45) is 5.92 Å². The summed E-state index contributed by atoms with van der Waals surface area (Å²) >= 11 is 0. The van der Waals surface area contributed by atoms with Crippen molar-refractivity contribution in [3.8, 4) is 0 Å². The number of rotatable bonds is 4. The Morgan fingerprint density at radius 2 is 1.96 bits per heavy atom. The van der Waals surface area contributed by atoms with E-state index < -0.39 is 0 Å². The van der Waals surface area contributed by atoms with Gasteiger partial charge in [-0.2, -0.15) is 0 Å². The van der Waals surface area contributed by atoms with Gasteiger partial charge in [0, 0.05) is 19.5 Å². The molecule has 3 heterocycles. The monoisotopic (exact) mass is 368 g/mol. The Kier molecular flexibility index (Phi) is 4.99. The predicted molar refractivity (Wildman–Crippen MR) is 98.5 cm³/mol. The molecule has 6 heteroatoms. The zero-order chi connectivity index (χ0) is 18.8. The molecule has 2 fully saturated rings. The lowest BCUT2D eigenvalue weighted by atomic mass is 10.00. The number of morpholine rings is 1. The summed E-state index contributed by atoms with van der Waals surface area (Å²) < 4.78 is 11.2. The van der Waals surface area contributed by atoms with Gasteiger partial charge in [-0.25, -0.2) is 0 Å². The minimum Gasteiger partial charge on any atom is -0.467 e. The summed E-state index contributed by atoms with van der Waals surface area (Å²) in [6, 6.07) is 13.5. The second-order valence-electron chi connectivity index (χ2n) is 7.32. The molecule has 27 heavy (non-hydrogen) atoms. The molecule has 3 atom stereocenters. The first-order valence-corrected chi connectivity index (χ1v) is 9.39. The van der Waals surface area contributed by atoms with Crippen LogP contribution in [0.4, 0.5) is 0 Å². The fraction of sp³-hybridized carbons (Fsp3) is 0.429. The highest BCUT2D eigenvalue weighted by molar-refractivity contribution is 5.89. The van der Waals surface area contributed by atoms with Crippen LogP contribution >= 0.6 is 0 Å². The Balaban J connectivity index is 1.49. The quantitative estimate of drug-likeness (QED) is 0.832. The van der Waals surface area contributed by atoms with Crippen molar-refractivity contribution in [3.63, 3.8) is 0 Å². The number of hydrogen-bond acceptors (Lipinski definition) is 4. The van der Waals surface area contributed by atoms with Gasteiger partial charge in [0.05, 0.1) is 37.5 Å². The van der Waals surface area contributed by atoms with E-state index in [2.05, 4.69) is 0 Å². The van der Waals surface area contributed by atoms with E-state index in [1.807, 2.05) is 48.2 Å². The Morgan fingerprint density at radius 3 is 2.70 bits per heavy atom. The lowest BCUT2D eigenvalue weighted by Gasteiger charge is -2.40. The van der Waals surface area contributed by atoms with Gasteiger partial charge in [-0.3, -0.25) is 9.59 Å². The summed E-state index contributed by atoms with van der Waals surface area (Å²) in [6.45, 7) is 3.85. The fourth-order valence-electron chi connectivity index (χ4n) is 3.91. The largest absolute Gasteiger partial charge is 0.467 e. The van der Waals surface area contributed by atoms with Crippen molar-refractivity contribution in [3.05, 3.63) is 60.1 Å². The standard InChI is InChI=1S/C21H24N2O4/c1-15-11-23(19(14-27-15)16-6-3-2-4-7-16)21(25)17-10-20(24)22(12-17)13-18-8-5-9-26-18/h2-9,15,17,19H,10-14H2,1H3. The average molecular weight is 368 g/mol. The molecular formula is C21H24N2O4. The number of furan rings is 1. The van der Waals surface area contributed by atoms with E-state index in [0.29, 0.717) is 26.2 Å². The number of likely N-dealkylation sites (tertiary alicyclic amines) is 1. The Hall–Kier alpha value is -2.60. The van der Waals surface area contributed by atoms with Gasteiger partial charge in [0.25, 0.3) is 0 Å². The van der Waals surface area contributed by atoms with E-state index in [0.717, 1.165) is 11.3 Å². The van der Waals surface area contributed by atoms with Crippen LogP contribution in [0.2, 0.25) is 0 Å². The molecule has 0 radical (unpaired) electrons. The average Bonchev–Trinajstić information content (AvgIpc) is 3.32. The van der Waals surface area contributed by atoms with Crippen LogP contribution in [0.15, 0.2) is 53.1 Å². The second-order valence-corrected chi connectivity index (χ2v) is 7.32. The second kappa shape index (κ2) is 7.56. The van der Waals surface area contributed by atoms with Gasteiger partial charge < -0.3 is 19.0 Å². The molecule has 2 aromatic rings. The first-order chi connectivity index (χ1) is 13.1. The van der Waals surface area contributed by atoms with Gasteiger partial charge in [-0.1, -0.05) is 30.3 Å². The highest BCUT2D eigenvalue weighted by Gasteiger charge is 2.40. The minimum absolute atomic E-state index is 0.00215. The molecule has 6 nitrogen and oxygen atoms in total. The molecule has 4 rings (SSSR count). The molecule has 2 amide bonds. The molecule has 1 aromatic carbocycles. The van der Waals surface area contributed by atoms with Crippen LogP contribution in [0.25, 0.3) is 0 Å². The molecule has 2 saturated heterocycles. The van der Waals surface area contributed by atoms with Crippen molar-refractivity contribution in [2.75, 3.05) is 19.7 Å². The smallest absolute Gasteiger partial charge is 0.228 e. The lowest BCUT2D eigenvalue weighted by molar-refractivity contribution is -0.148. The maximum atomic E-state index is 13.3. The van der Waals surface area contributed by atoms with E-state index in [-0.39, 0.29) is 36.3 Å². The first-order valence-electron chi connectivity index (χ1n) is 9.39. The Bertz CT molecular complexity index is 790. The maximum Gasteiger partial charge on any atom is 0.228 e. The highest BCUT2D eigenvalue weighted by Crippen LogP contribution is 2.30. The summed E-state index contributed by atoms with van der Waals surface area (Å²) in [5, 5.41) is 0. The Labute approximate surface area is 158 Å². The number of amides is 2. The molecule has 3 unspecified atom stereocenters. The van der Waals surface area contributed by atoms with Crippen molar-refractivity contribution in [1.29, 1.82) is 0 Å². The molecule has 2 aliphatic heterocycles. The fourth-order valence-corrected chi connectivity index (χ4v) is 3.91. The van der Waals surface area contributed by atoms with Crippen LogP contribution in [-0.2, 0) is 20.9 Å². The van der Waals surface area contributed by atoms with Crippen LogP contribution in [-0.4, -0.2) is 47.4 Å². The van der Waals surface area contributed by atoms with Crippen LogP contribution < -0.4 is 0 Å². The molecule has 2 aliphatic rings. The number of carbonyl (C=O) groups excluding carboxylic acids is 2. The summed E-state index contributed by atoms with van der Waals surface area (Å²) in [5.74, 6) is 0.458. The molecule has 0 bridgehead atoms. The van der Waals surface area contributed by atoms with Crippen LogP contribution in [0.1, 0.15) is 30.7 Å². The predicted octanol–water partition coefficient (Wildman–Crippen LogP) is 2.62. The van der Waals surface area contributed by atoms with E-state index in [1.165, 1.54) is 0 Å². The highest BCUT2D eigenvalue weighted by atomic mass is 16.5. The zero-order valence-electron chi connectivity index (χ0n) is 15.4. The lowest BCUT2D eigenvalue weighted by Crippen LogP contribution is -2.49. The molecule has 0 spiro atoms. The van der Waals surface area contributed by atoms with E-state index in [9.17, 15) is 9.59 Å². The summed E-state index contributed by atoms with van der Waals surface area (Å²) in [4.78, 5) is 29.3. The van der Waals surface area contributed by atoms with Crippen molar-refractivity contribution in [1.82, 2.24) is 9.80 Å². The van der Waals surface area contributed by atoms with Crippen LogP contribution in [0.3, 0.4) is 0 Å². The number of ether oxygens (including phenoxy) is 1.